The minimum absolute atomic E-state index is 0.0513. The van der Waals surface area contributed by atoms with Crippen molar-refractivity contribution in [2.75, 3.05) is 0 Å². The highest BCUT2D eigenvalue weighted by Gasteiger charge is 2.11. The van der Waals surface area contributed by atoms with Gasteiger partial charge in [0.1, 0.15) is 0 Å². The van der Waals surface area contributed by atoms with Crippen molar-refractivity contribution in [3.8, 4) is 0 Å². The number of aliphatic hydroxyl groups is 1. The molecular formula is C15H18N2O3S. The number of sulfonamides is 1. The third-order valence-electron chi connectivity index (χ3n) is 2.98. The van der Waals surface area contributed by atoms with Crippen LogP contribution < -0.4 is 4.72 Å². The van der Waals surface area contributed by atoms with Gasteiger partial charge in [-0.15, -0.1) is 0 Å². The highest BCUT2D eigenvalue weighted by Crippen LogP contribution is 2.08. The molecule has 0 unspecified atom stereocenters. The lowest BCUT2D eigenvalue weighted by atomic mass is 10.2. The number of benzene rings is 1. The summed E-state index contributed by atoms with van der Waals surface area (Å²) in [6.45, 7) is 1.99. The molecule has 0 atom stereocenters. The number of aryl methyl sites for hydroxylation is 1. The van der Waals surface area contributed by atoms with E-state index in [2.05, 4.69) is 9.71 Å². The van der Waals surface area contributed by atoms with Crippen molar-refractivity contribution in [2.45, 2.75) is 25.8 Å². The van der Waals surface area contributed by atoms with Gasteiger partial charge in [0.25, 0.3) is 0 Å². The van der Waals surface area contributed by atoms with E-state index in [1.807, 2.05) is 19.1 Å². The van der Waals surface area contributed by atoms with E-state index in [4.69, 9.17) is 5.11 Å². The summed E-state index contributed by atoms with van der Waals surface area (Å²) in [7, 11) is -3.42. The second kappa shape index (κ2) is 6.80. The molecule has 0 fully saturated rings. The van der Waals surface area contributed by atoms with E-state index >= 15 is 0 Å². The highest BCUT2D eigenvalue weighted by atomic mass is 32.2. The SMILES string of the molecule is Cc1cccc(CNS(=O)(=O)Cc2ccc(CO)cc2)n1. The largest absolute Gasteiger partial charge is 0.392 e. The van der Waals surface area contributed by atoms with Gasteiger partial charge in [-0.2, -0.15) is 0 Å². The second-order valence-corrected chi connectivity index (χ2v) is 6.63. The Morgan fingerprint density at radius 3 is 2.38 bits per heavy atom. The van der Waals surface area contributed by atoms with E-state index in [9.17, 15) is 8.42 Å². The summed E-state index contributed by atoms with van der Waals surface area (Å²) in [5, 5.41) is 8.96. The molecule has 0 saturated carbocycles. The summed E-state index contributed by atoms with van der Waals surface area (Å²) in [4.78, 5) is 4.25. The van der Waals surface area contributed by atoms with Gasteiger partial charge in [0.2, 0.25) is 10.0 Å². The molecule has 0 aliphatic carbocycles. The molecule has 2 aromatic rings. The van der Waals surface area contributed by atoms with E-state index in [-0.39, 0.29) is 18.9 Å². The first-order chi connectivity index (χ1) is 9.98. The van der Waals surface area contributed by atoms with Crippen molar-refractivity contribution in [3.63, 3.8) is 0 Å². The number of nitrogens with zero attached hydrogens (tertiary/aromatic N) is 1. The maximum absolute atomic E-state index is 12.0. The maximum Gasteiger partial charge on any atom is 0.216 e. The monoisotopic (exact) mass is 306 g/mol. The van der Waals surface area contributed by atoms with Gasteiger partial charge in [-0.25, -0.2) is 13.1 Å². The van der Waals surface area contributed by atoms with Gasteiger partial charge >= 0.3 is 0 Å². The first kappa shape index (κ1) is 15.6. The summed E-state index contributed by atoms with van der Waals surface area (Å²) in [6, 6.07) is 12.3. The van der Waals surface area contributed by atoms with E-state index < -0.39 is 10.0 Å². The molecule has 112 valence electrons. The van der Waals surface area contributed by atoms with Crippen molar-refractivity contribution >= 4 is 10.0 Å². The molecule has 5 nitrogen and oxygen atoms in total. The lowest BCUT2D eigenvalue weighted by Gasteiger charge is -2.07. The lowest BCUT2D eigenvalue weighted by molar-refractivity contribution is 0.282. The molecule has 1 heterocycles. The predicted molar refractivity (Wildman–Crippen MR) is 80.8 cm³/mol. The Bertz CT molecular complexity index is 697. The molecule has 2 N–H and O–H groups in total. The van der Waals surface area contributed by atoms with Crippen LogP contribution in [-0.2, 0) is 28.9 Å². The summed E-state index contributed by atoms with van der Waals surface area (Å²) in [5.41, 5.74) is 2.98. The Labute approximate surface area is 124 Å². The van der Waals surface area contributed by atoms with Gasteiger partial charge in [0.05, 0.1) is 24.6 Å². The second-order valence-electron chi connectivity index (χ2n) is 4.83. The molecular weight excluding hydrogens is 288 g/mol. The zero-order valence-electron chi connectivity index (χ0n) is 11.8. The summed E-state index contributed by atoms with van der Waals surface area (Å²) < 4.78 is 26.6. The lowest BCUT2D eigenvalue weighted by Crippen LogP contribution is -2.25. The molecule has 0 aliphatic rings. The minimum Gasteiger partial charge on any atom is -0.392 e. The molecule has 0 saturated heterocycles. The quantitative estimate of drug-likeness (QED) is 0.847. The van der Waals surface area contributed by atoms with Crippen molar-refractivity contribution in [2.24, 2.45) is 0 Å². The van der Waals surface area contributed by atoms with Crippen molar-refractivity contribution < 1.29 is 13.5 Å². The average Bonchev–Trinajstić information content (AvgIpc) is 2.46. The normalized spacial score (nSPS) is 11.5. The van der Waals surface area contributed by atoms with Crippen LogP contribution in [0.4, 0.5) is 0 Å². The minimum atomic E-state index is -3.42. The van der Waals surface area contributed by atoms with Gasteiger partial charge in [0.15, 0.2) is 0 Å². The Balaban J connectivity index is 1.98. The molecule has 1 aromatic carbocycles. The first-order valence-electron chi connectivity index (χ1n) is 6.57. The fourth-order valence-electron chi connectivity index (χ4n) is 1.89. The fourth-order valence-corrected chi connectivity index (χ4v) is 2.99. The Kier molecular flexibility index (Phi) is 5.06. The fraction of sp³-hybridized carbons (Fsp3) is 0.267. The molecule has 0 bridgehead atoms. The predicted octanol–water partition coefficient (Wildman–Crippen LogP) is 1.50. The van der Waals surface area contributed by atoms with E-state index in [0.29, 0.717) is 11.3 Å². The highest BCUT2D eigenvalue weighted by molar-refractivity contribution is 7.88. The third-order valence-corrected chi connectivity index (χ3v) is 4.28. The zero-order valence-corrected chi connectivity index (χ0v) is 12.6. The number of aromatic nitrogens is 1. The van der Waals surface area contributed by atoms with Crippen LogP contribution in [0.5, 0.6) is 0 Å². The van der Waals surface area contributed by atoms with E-state index in [1.165, 1.54) is 0 Å². The summed E-state index contributed by atoms with van der Waals surface area (Å²) in [6.07, 6.45) is 0. The smallest absolute Gasteiger partial charge is 0.216 e. The number of hydrogen-bond donors (Lipinski definition) is 2. The Morgan fingerprint density at radius 1 is 1.10 bits per heavy atom. The van der Waals surface area contributed by atoms with Gasteiger partial charge in [-0.05, 0) is 30.2 Å². The molecule has 0 amide bonds. The Hall–Kier alpha value is -1.76. The first-order valence-corrected chi connectivity index (χ1v) is 8.22. The van der Waals surface area contributed by atoms with Crippen LogP contribution in [0, 0.1) is 6.92 Å². The molecule has 21 heavy (non-hydrogen) atoms. The number of pyridine rings is 1. The summed E-state index contributed by atoms with van der Waals surface area (Å²) >= 11 is 0. The number of hydrogen-bond acceptors (Lipinski definition) is 4. The molecule has 1 aromatic heterocycles. The number of rotatable bonds is 6. The van der Waals surface area contributed by atoms with Gasteiger partial charge in [-0.1, -0.05) is 30.3 Å². The van der Waals surface area contributed by atoms with Gasteiger partial charge in [-0.3, -0.25) is 4.98 Å². The zero-order chi connectivity index (χ0) is 15.3. The number of aliphatic hydroxyl groups excluding tert-OH is 1. The van der Waals surface area contributed by atoms with Crippen molar-refractivity contribution in [3.05, 3.63) is 65.0 Å². The maximum atomic E-state index is 12.0. The van der Waals surface area contributed by atoms with Crippen LogP contribution in [0.1, 0.15) is 22.5 Å². The topological polar surface area (TPSA) is 79.3 Å². The van der Waals surface area contributed by atoms with Crippen LogP contribution in [0.15, 0.2) is 42.5 Å². The van der Waals surface area contributed by atoms with Crippen molar-refractivity contribution in [1.82, 2.24) is 9.71 Å². The van der Waals surface area contributed by atoms with Crippen molar-refractivity contribution in [1.29, 1.82) is 0 Å². The molecule has 0 aliphatic heterocycles. The third kappa shape index (κ3) is 4.93. The molecule has 0 spiro atoms. The number of nitrogens with one attached hydrogen (secondary N) is 1. The van der Waals surface area contributed by atoms with E-state index in [0.717, 1.165) is 11.3 Å². The van der Waals surface area contributed by atoms with Crippen LogP contribution in [-0.4, -0.2) is 18.5 Å². The van der Waals surface area contributed by atoms with Gasteiger partial charge in [0, 0.05) is 5.69 Å². The van der Waals surface area contributed by atoms with Crippen LogP contribution >= 0.6 is 0 Å². The average molecular weight is 306 g/mol. The standard InChI is InChI=1S/C15H18N2O3S/c1-12-3-2-4-15(17-12)9-16-21(19,20)11-14-7-5-13(10-18)6-8-14/h2-8,16,18H,9-11H2,1H3. The Morgan fingerprint density at radius 2 is 1.76 bits per heavy atom. The van der Waals surface area contributed by atoms with Gasteiger partial charge < -0.3 is 5.11 Å². The van der Waals surface area contributed by atoms with Crippen LogP contribution in [0.2, 0.25) is 0 Å². The molecule has 0 radical (unpaired) electrons. The van der Waals surface area contributed by atoms with Crippen LogP contribution in [0.25, 0.3) is 0 Å². The van der Waals surface area contributed by atoms with E-state index in [1.54, 1.807) is 30.3 Å². The summed E-state index contributed by atoms with van der Waals surface area (Å²) in [5.74, 6) is -0.0927. The molecule has 6 heteroatoms. The molecule has 2 rings (SSSR count). The van der Waals surface area contributed by atoms with Crippen LogP contribution in [0.3, 0.4) is 0 Å².